The molecule has 1 aromatic heterocycles. The normalized spacial score (nSPS) is 13.5. The molecular weight excluding hydrogens is 362 g/mol. The Labute approximate surface area is 152 Å². The lowest BCUT2D eigenvalue weighted by atomic mass is 10.2. The van der Waals surface area contributed by atoms with Gasteiger partial charge in [-0.2, -0.15) is 0 Å². The molecule has 0 fully saturated rings. The van der Waals surface area contributed by atoms with Crippen LogP contribution in [-0.2, 0) is 9.59 Å². The summed E-state index contributed by atoms with van der Waals surface area (Å²) in [5.41, 5.74) is 1.23. The van der Waals surface area contributed by atoms with Gasteiger partial charge in [0.1, 0.15) is 17.8 Å². The van der Waals surface area contributed by atoms with Crippen molar-refractivity contribution in [2.24, 2.45) is 0 Å². The Morgan fingerprint density at radius 1 is 1.28 bits per heavy atom. The Kier molecular flexibility index (Phi) is 4.03. The fourth-order valence-corrected chi connectivity index (χ4v) is 3.78. The number of amides is 2. The number of benzene rings is 2. The molecule has 3 aromatic rings. The summed E-state index contributed by atoms with van der Waals surface area (Å²) in [5.74, 6) is -0.0110. The zero-order valence-corrected chi connectivity index (χ0v) is 14.4. The third-order valence-electron chi connectivity index (χ3n) is 3.73. The monoisotopic (exact) mass is 373 g/mol. The maximum atomic E-state index is 12.4. The van der Waals surface area contributed by atoms with E-state index >= 15 is 0 Å². The van der Waals surface area contributed by atoms with Crippen LogP contribution in [-0.4, -0.2) is 29.9 Å². The molecule has 126 valence electrons. The molecule has 2 aromatic carbocycles. The van der Waals surface area contributed by atoms with Gasteiger partial charge >= 0.3 is 0 Å². The Morgan fingerprint density at radius 3 is 2.96 bits per heavy atom. The molecule has 0 radical (unpaired) electrons. The first-order valence-corrected chi connectivity index (χ1v) is 8.68. The van der Waals surface area contributed by atoms with Crippen LogP contribution in [0.2, 0.25) is 5.02 Å². The second kappa shape index (κ2) is 6.34. The second-order valence-electron chi connectivity index (χ2n) is 5.39. The average molecular weight is 374 g/mol. The van der Waals surface area contributed by atoms with Crippen LogP contribution in [0.25, 0.3) is 10.2 Å². The van der Waals surface area contributed by atoms with Gasteiger partial charge in [0.15, 0.2) is 11.7 Å². The first-order valence-electron chi connectivity index (χ1n) is 7.49. The maximum Gasteiger partial charge on any atom is 0.265 e. The fourth-order valence-electron chi connectivity index (χ4n) is 2.60. The molecule has 1 aliphatic heterocycles. The standard InChI is InChI=1S/C17H12ClN3O3S/c18-10-4-3-7-13-16(10)20-17(25-13)19-14(22)8-21-11-5-1-2-6-12(11)24-9-15(21)23/h1-7H,8-9H2,(H,19,20,22). The van der Waals surface area contributed by atoms with Crippen LogP contribution in [0.1, 0.15) is 0 Å². The smallest absolute Gasteiger partial charge is 0.265 e. The van der Waals surface area contributed by atoms with Gasteiger partial charge in [0.05, 0.1) is 15.4 Å². The third kappa shape index (κ3) is 3.04. The summed E-state index contributed by atoms with van der Waals surface area (Å²) in [6.07, 6.45) is 0. The third-order valence-corrected chi connectivity index (χ3v) is 4.97. The highest BCUT2D eigenvalue weighted by Crippen LogP contribution is 2.32. The minimum atomic E-state index is -0.333. The number of para-hydroxylation sites is 3. The van der Waals surface area contributed by atoms with E-state index < -0.39 is 0 Å². The van der Waals surface area contributed by atoms with E-state index in [1.165, 1.54) is 16.2 Å². The summed E-state index contributed by atoms with van der Waals surface area (Å²) in [6, 6.07) is 12.6. The lowest BCUT2D eigenvalue weighted by molar-refractivity contribution is -0.123. The van der Waals surface area contributed by atoms with Crippen LogP contribution < -0.4 is 15.0 Å². The number of fused-ring (bicyclic) bond motifs is 2. The number of thiazole rings is 1. The molecule has 6 nitrogen and oxygen atoms in total. The largest absolute Gasteiger partial charge is 0.482 e. The maximum absolute atomic E-state index is 12.4. The Morgan fingerprint density at radius 2 is 2.12 bits per heavy atom. The summed E-state index contributed by atoms with van der Waals surface area (Å²) in [6.45, 7) is -0.191. The molecule has 8 heteroatoms. The predicted octanol–water partition coefficient (Wildman–Crippen LogP) is 3.31. The second-order valence-corrected chi connectivity index (χ2v) is 6.83. The van der Waals surface area contributed by atoms with Gasteiger partial charge in [0, 0.05) is 0 Å². The molecule has 0 aliphatic carbocycles. The predicted molar refractivity (Wildman–Crippen MR) is 97.5 cm³/mol. The van der Waals surface area contributed by atoms with Crippen molar-refractivity contribution in [3.63, 3.8) is 0 Å². The van der Waals surface area contributed by atoms with E-state index in [-0.39, 0.29) is 25.0 Å². The Bertz CT molecular complexity index is 988. The molecule has 4 rings (SSSR count). The van der Waals surface area contributed by atoms with Crippen molar-refractivity contribution in [3.8, 4) is 5.75 Å². The summed E-state index contributed by atoms with van der Waals surface area (Å²) in [4.78, 5) is 30.3. The number of hydrogen-bond acceptors (Lipinski definition) is 5. The van der Waals surface area contributed by atoms with E-state index in [4.69, 9.17) is 16.3 Å². The molecule has 0 unspecified atom stereocenters. The van der Waals surface area contributed by atoms with Crippen molar-refractivity contribution < 1.29 is 14.3 Å². The molecule has 1 N–H and O–H groups in total. The first kappa shape index (κ1) is 15.9. The first-order chi connectivity index (χ1) is 12.1. The molecule has 0 bridgehead atoms. The van der Waals surface area contributed by atoms with Gasteiger partial charge in [-0.25, -0.2) is 4.98 Å². The molecular formula is C17H12ClN3O3S. The van der Waals surface area contributed by atoms with E-state index in [2.05, 4.69) is 10.3 Å². The summed E-state index contributed by atoms with van der Waals surface area (Å²) >= 11 is 7.44. The van der Waals surface area contributed by atoms with E-state index in [1.807, 2.05) is 18.2 Å². The van der Waals surface area contributed by atoms with Crippen LogP contribution in [0, 0.1) is 0 Å². The molecule has 2 heterocycles. The van der Waals surface area contributed by atoms with Crippen molar-refractivity contribution in [3.05, 3.63) is 47.5 Å². The quantitative estimate of drug-likeness (QED) is 0.764. The number of aromatic nitrogens is 1. The van der Waals surface area contributed by atoms with Gasteiger partial charge in [-0.05, 0) is 24.3 Å². The van der Waals surface area contributed by atoms with Gasteiger partial charge in [0.25, 0.3) is 5.91 Å². The van der Waals surface area contributed by atoms with Crippen LogP contribution in [0.15, 0.2) is 42.5 Å². The van der Waals surface area contributed by atoms with E-state index in [0.29, 0.717) is 27.1 Å². The lowest BCUT2D eigenvalue weighted by Gasteiger charge is -2.28. The van der Waals surface area contributed by atoms with Crippen LogP contribution in [0.5, 0.6) is 5.75 Å². The van der Waals surface area contributed by atoms with Crippen molar-refractivity contribution in [2.45, 2.75) is 0 Å². The number of hydrogen-bond donors (Lipinski definition) is 1. The number of rotatable bonds is 3. The molecule has 0 saturated carbocycles. The zero-order valence-electron chi connectivity index (χ0n) is 12.9. The molecule has 0 saturated heterocycles. The van der Waals surface area contributed by atoms with Gasteiger partial charge in [-0.1, -0.05) is 41.1 Å². The number of nitrogens with one attached hydrogen (secondary N) is 1. The molecule has 1 aliphatic rings. The number of nitrogens with zero attached hydrogens (tertiary/aromatic N) is 2. The van der Waals surface area contributed by atoms with Crippen LogP contribution >= 0.6 is 22.9 Å². The fraction of sp³-hybridized carbons (Fsp3) is 0.118. The SMILES string of the molecule is O=C(CN1C(=O)COc2ccccc21)Nc1nc2c(Cl)cccc2s1. The van der Waals surface area contributed by atoms with Crippen molar-refractivity contribution in [1.29, 1.82) is 0 Å². The van der Waals surface area contributed by atoms with Crippen molar-refractivity contribution in [1.82, 2.24) is 4.98 Å². The van der Waals surface area contributed by atoms with E-state index in [9.17, 15) is 9.59 Å². The highest BCUT2D eigenvalue weighted by molar-refractivity contribution is 7.22. The average Bonchev–Trinajstić information content (AvgIpc) is 3.01. The van der Waals surface area contributed by atoms with E-state index in [1.54, 1.807) is 24.3 Å². The number of ether oxygens (including phenoxy) is 1. The van der Waals surface area contributed by atoms with Crippen molar-refractivity contribution >= 4 is 55.8 Å². The molecule has 2 amide bonds. The van der Waals surface area contributed by atoms with Gasteiger partial charge in [0.2, 0.25) is 5.91 Å². The lowest BCUT2D eigenvalue weighted by Crippen LogP contribution is -2.43. The summed E-state index contributed by atoms with van der Waals surface area (Å²) in [5, 5.41) is 3.71. The topological polar surface area (TPSA) is 71.5 Å². The Hall–Kier alpha value is -2.64. The number of anilines is 2. The van der Waals surface area contributed by atoms with Crippen molar-refractivity contribution in [2.75, 3.05) is 23.4 Å². The highest BCUT2D eigenvalue weighted by Gasteiger charge is 2.27. The highest BCUT2D eigenvalue weighted by atomic mass is 35.5. The van der Waals surface area contributed by atoms with Crippen LogP contribution in [0.3, 0.4) is 0 Å². The van der Waals surface area contributed by atoms with Gasteiger partial charge in [-0.15, -0.1) is 0 Å². The van der Waals surface area contributed by atoms with Gasteiger partial charge < -0.3 is 10.1 Å². The van der Waals surface area contributed by atoms with Gasteiger partial charge in [-0.3, -0.25) is 14.5 Å². The minimum absolute atomic E-state index is 0.0823. The number of halogens is 1. The number of carbonyl (C=O) groups is 2. The van der Waals surface area contributed by atoms with Crippen LogP contribution in [0.4, 0.5) is 10.8 Å². The molecule has 0 atom stereocenters. The molecule has 25 heavy (non-hydrogen) atoms. The summed E-state index contributed by atoms with van der Waals surface area (Å²) < 4.78 is 6.26. The minimum Gasteiger partial charge on any atom is -0.482 e. The van der Waals surface area contributed by atoms with E-state index in [0.717, 1.165) is 4.70 Å². The molecule has 0 spiro atoms. The number of carbonyl (C=O) groups excluding carboxylic acids is 2. The zero-order chi connectivity index (χ0) is 17.4. The summed E-state index contributed by atoms with van der Waals surface area (Å²) in [7, 11) is 0. The Balaban J connectivity index is 1.54.